The number of rotatable bonds is 7. The zero-order valence-electron chi connectivity index (χ0n) is 16.4. The molecule has 1 heterocycles. The van der Waals surface area contributed by atoms with Gasteiger partial charge in [0.1, 0.15) is 10.8 Å². The summed E-state index contributed by atoms with van der Waals surface area (Å²) in [5, 5.41) is 4.02. The van der Waals surface area contributed by atoms with Crippen LogP contribution < -0.4 is 25.3 Å². The lowest BCUT2D eigenvalue weighted by atomic mass is 10.1. The van der Waals surface area contributed by atoms with Gasteiger partial charge < -0.3 is 14.2 Å². The second-order valence-electron chi connectivity index (χ2n) is 5.91. The third kappa shape index (κ3) is 4.15. The van der Waals surface area contributed by atoms with Gasteiger partial charge in [-0.3, -0.25) is 14.3 Å². The van der Waals surface area contributed by atoms with E-state index < -0.39 is 11.6 Å². The standard InChI is InChI=1S/C20H19ClN4O5/c1-28-15-9-12(10-16(29-2)17(15)30-3)19(26)24-22-11-14-18(21)23-20(27)25(14)13-7-5-4-6-8-13/h4-11H,1-3H3,(H,23,27)(H,24,26)/b22-11+. The van der Waals surface area contributed by atoms with E-state index in [2.05, 4.69) is 15.5 Å². The molecule has 0 aliphatic carbocycles. The van der Waals surface area contributed by atoms with Crippen molar-refractivity contribution in [1.29, 1.82) is 0 Å². The second-order valence-corrected chi connectivity index (χ2v) is 6.29. The Balaban J connectivity index is 1.87. The van der Waals surface area contributed by atoms with E-state index in [1.807, 2.05) is 6.07 Å². The Morgan fingerprint density at radius 1 is 1.10 bits per heavy atom. The molecule has 156 valence electrons. The Kier molecular flexibility index (Phi) is 6.43. The molecule has 0 bridgehead atoms. The average Bonchev–Trinajstić information content (AvgIpc) is 3.05. The van der Waals surface area contributed by atoms with Crippen LogP contribution in [0.1, 0.15) is 16.1 Å². The topological polar surface area (TPSA) is 107 Å². The van der Waals surface area contributed by atoms with E-state index in [1.54, 1.807) is 24.3 Å². The number of para-hydroxylation sites is 1. The Labute approximate surface area is 176 Å². The summed E-state index contributed by atoms with van der Waals surface area (Å²) in [6.07, 6.45) is 1.28. The van der Waals surface area contributed by atoms with Crippen LogP contribution in [0.25, 0.3) is 5.69 Å². The lowest BCUT2D eigenvalue weighted by Crippen LogP contribution is -2.19. The highest BCUT2D eigenvalue weighted by Crippen LogP contribution is 2.38. The SMILES string of the molecule is COc1cc(C(=O)N/N=C/c2c(Cl)[nH]c(=O)n2-c2ccccc2)cc(OC)c1OC. The molecule has 0 saturated carbocycles. The number of nitrogens with zero attached hydrogens (tertiary/aromatic N) is 2. The minimum atomic E-state index is -0.522. The summed E-state index contributed by atoms with van der Waals surface area (Å²) >= 11 is 6.12. The van der Waals surface area contributed by atoms with Gasteiger partial charge in [0.2, 0.25) is 5.75 Å². The Hall–Kier alpha value is -3.72. The van der Waals surface area contributed by atoms with E-state index in [9.17, 15) is 9.59 Å². The first-order chi connectivity index (χ1) is 14.5. The van der Waals surface area contributed by atoms with Gasteiger partial charge in [-0.1, -0.05) is 29.8 Å². The summed E-state index contributed by atoms with van der Waals surface area (Å²) in [6.45, 7) is 0. The fourth-order valence-electron chi connectivity index (χ4n) is 2.80. The summed E-state index contributed by atoms with van der Waals surface area (Å²) in [7, 11) is 4.37. The smallest absolute Gasteiger partial charge is 0.331 e. The number of halogens is 1. The molecule has 9 nitrogen and oxygen atoms in total. The molecular weight excluding hydrogens is 412 g/mol. The maximum Gasteiger partial charge on any atom is 0.331 e. The molecule has 0 unspecified atom stereocenters. The maximum atomic E-state index is 12.5. The third-order valence-corrected chi connectivity index (χ3v) is 4.47. The fourth-order valence-corrected chi connectivity index (χ4v) is 3.01. The monoisotopic (exact) mass is 430 g/mol. The van der Waals surface area contributed by atoms with Crippen molar-refractivity contribution in [3.05, 3.63) is 69.4 Å². The van der Waals surface area contributed by atoms with Crippen LogP contribution in [0.15, 0.2) is 52.4 Å². The Morgan fingerprint density at radius 3 is 2.30 bits per heavy atom. The highest BCUT2D eigenvalue weighted by molar-refractivity contribution is 6.31. The Morgan fingerprint density at radius 2 is 1.73 bits per heavy atom. The van der Waals surface area contributed by atoms with Gasteiger partial charge in [0.05, 0.1) is 33.2 Å². The number of hydrogen-bond acceptors (Lipinski definition) is 6. The molecule has 1 amide bonds. The second kappa shape index (κ2) is 9.19. The summed E-state index contributed by atoms with van der Waals surface area (Å²) < 4.78 is 17.1. The molecule has 0 aliphatic heterocycles. The van der Waals surface area contributed by atoms with Crippen molar-refractivity contribution in [2.45, 2.75) is 0 Å². The van der Waals surface area contributed by atoms with Crippen LogP contribution in [0, 0.1) is 0 Å². The molecule has 2 aromatic carbocycles. The summed E-state index contributed by atoms with van der Waals surface area (Å²) in [5.74, 6) is 0.506. The van der Waals surface area contributed by atoms with Crippen LogP contribution >= 0.6 is 11.6 Å². The molecule has 0 spiro atoms. The first-order valence-corrected chi connectivity index (χ1v) is 9.07. The number of amides is 1. The number of carbonyl (C=O) groups is 1. The third-order valence-electron chi connectivity index (χ3n) is 4.18. The van der Waals surface area contributed by atoms with Crippen molar-refractivity contribution in [3.63, 3.8) is 0 Å². The minimum Gasteiger partial charge on any atom is -0.493 e. The highest BCUT2D eigenvalue weighted by atomic mass is 35.5. The number of aromatic nitrogens is 2. The number of benzene rings is 2. The molecule has 0 fully saturated rings. The van der Waals surface area contributed by atoms with Crippen LogP contribution in [0.4, 0.5) is 0 Å². The number of methoxy groups -OCH3 is 3. The van der Waals surface area contributed by atoms with Crippen molar-refractivity contribution in [2.75, 3.05) is 21.3 Å². The quantitative estimate of drug-likeness (QED) is 0.442. The number of nitrogens with one attached hydrogen (secondary N) is 2. The number of aromatic amines is 1. The number of ether oxygens (including phenoxy) is 3. The lowest BCUT2D eigenvalue weighted by Gasteiger charge is -2.13. The van der Waals surface area contributed by atoms with Gasteiger partial charge in [-0.25, -0.2) is 10.2 Å². The molecule has 0 aliphatic rings. The molecule has 30 heavy (non-hydrogen) atoms. The van der Waals surface area contributed by atoms with Gasteiger partial charge in [-0.05, 0) is 24.3 Å². The molecular formula is C20H19ClN4O5. The van der Waals surface area contributed by atoms with Crippen LogP contribution in [0.2, 0.25) is 5.15 Å². The normalized spacial score (nSPS) is 10.8. The van der Waals surface area contributed by atoms with E-state index in [1.165, 1.54) is 44.2 Å². The minimum absolute atomic E-state index is 0.0923. The van der Waals surface area contributed by atoms with Gasteiger partial charge in [0.25, 0.3) is 5.91 Å². The van der Waals surface area contributed by atoms with Gasteiger partial charge in [-0.2, -0.15) is 5.10 Å². The van der Waals surface area contributed by atoms with Gasteiger partial charge in [-0.15, -0.1) is 0 Å². The van der Waals surface area contributed by atoms with Crippen molar-refractivity contribution >= 4 is 23.7 Å². The van der Waals surface area contributed by atoms with Crippen molar-refractivity contribution in [2.24, 2.45) is 5.10 Å². The number of hydrazone groups is 1. The van der Waals surface area contributed by atoms with Crippen LogP contribution in [-0.4, -0.2) is 43.0 Å². The van der Waals surface area contributed by atoms with Gasteiger partial charge >= 0.3 is 5.69 Å². The Bertz CT molecular complexity index is 1110. The van der Waals surface area contributed by atoms with Crippen molar-refractivity contribution in [3.8, 4) is 22.9 Å². The molecule has 10 heteroatoms. The fraction of sp³-hybridized carbons (Fsp3) is 0.150. The van der Waals surface area contributed by atoms with Crippen LogP contribution in [0.3, 0.4) is 0 Å². The zero-order valence-corrected chi connectivity index (χ0v) is 17.2. The number of hydrogen-bond donors (Lipinski definition) is 2. The predicted octanol–water partition coefficient (Wildman–Crippen LogP) is 2.61. The highest BCUT2D eigenvalue weighted by Gasteiger charge is 2.17. The van der Waals surface area contributed by atoms with Crippen LogP contribution in [0.5, 0.6) is 17.2 Å². The number of H-pyrrole nitrogens is 1. The predicted molar refractivity (Wildman–Crippen MR) is 113 cm³/mol. The van der Waals surface area contributed by atoms with Crippen molar-refractivity contribution in [1.82, 2.24) is 15.0 Å². The van der Waals surface area contributed by atoms with E-state index in [0.29, 0.717) is 22.9 Å². The van der Waals surface area contributed by atoms with E-state index >= 15 is 0 Å². The zero-order chi connectivity index (χ0) is 21.7. The molecule has 1 aromatic heterocycles. The molecule has 0 atom stereocenters. The van der Waals surface area contributed by atoms with Crippen molar-refractivity contribution < 1.29 is 19.0 Å². The molecule has 3 aromatic rings. The van der Waals surface area contributed by atoms with E-state index in [-0.39, 0.29) is 16.4 Å². The maximum absolute atomic E-state index is 12.5. The molecule has 0 radical (unpaired) electrons. The molecule has 0 saturated heterocycles. The summed E-state index contributed by atoms with van der Waals surface area (Å²) in [5.41, 5.74) is 3.09. The number of carbonyl (C=O) groups excluding carboxylic acids is 1. The largest absolute Gasteiger partial charge is 0.493 e. The summed E-state index contributed by atoms with van der Waals surface area (Å²) in [4.78, 5) is 27.3. The van der Waals surface area contributed by atoms with Gasteiger partial charge in [0, 0.05) is 5.56 Å². The van der Waals surface area contributed by atoms with Crippen LogP contribution in [-0.2, 0) is 0 Å². The molecule has 3 rings (SSSR count). The average molecular weight is 431 g/mol. The van der Waals surface area contributed by atoms with E-state index in [0.717, 1.165) is 0 Å². The first-order valence-electron chi connectivity index (χ1n) is 8.69. The molecule has 2 N–H and O–H groups in total. The van der Waals surface area contributed by atoms with E-state index in [4.69, 9.17) is 25.8 Å². The number of imidazole rings is 1. The summed E-state index contributed by atoms with van der Waals surface area (Å²) in [6, 6.07) is 11.9. The first kappa shape index (κ1) is 21.0. The van der Waals surface area contributed by atoms with Gasteiger partial charge in [0.15, 0.2) is 11.5 Å². The lowest BCUT2D eigenvalue weighted by molar-refractivity contribution is 0.0954.